The lowest BCUT2D eigenvalue weighted by Crippen LogP contribution is -2.24. The molecule has 0 saturated carbocycles. The molecule has 0 aromatic heterocycles. The third-order valence-electron chi connectivity index (χ3n) is 2.84. The molecule has 0 aliphatic rings. The average Bonchev–Trinajstić information content (AvgIpc) is 2.31. The topological polar surface area (TPSA) is 38.5 Å². The number of anilines is 1. The predicted molar refractivity (Wildman–Crippen MR) is 78.6 cm³/mol. The van der Waals surface area contributed by atoms with Gasteiger partial charge in [-0.15, -0.1) is 0 Å². The van der Waals surface area contributed by atoms with Gasteiger partial charge in [-0.05, 0) is 37.5 Å². The van der Waals surface area contributed by atoms with Gasteiger partial charge in [-0.25, -0.2) is 0 Å². The molecular weight excluding hydrogens is 248 g/mol. The molecule has 0 aliphatic heterocycles. The molecule has 102 valence electrons. The van der Waals surface area contributed by atoms with Gasteiger partial charge in [-0.2, -0.15) is 0 Å². The van der Waals surface area contributed by atoms with Crippen LogP contribution in [0.5, 0.6) is 0 Å². The molecule has 0 heterocycles. The van der Waals surface area contributed by atoms with E-state index in [2.05, 4.69) is 18.0 Å². The van der Waals surface area contributed by atoms with Crippen molar-refractivity contribution in [2.75, 3.05) is 32.2 Å². The maximum atomic E-state index is 6.08. The Hall–Kier alpha value is -0.770. The Morgan fingerprint density at radius 1 is 1.44 bits per heavy atom. The van der Waals surface area contributed by atoms with Crippen LogP contribution >= 0.6 is 11.6 Å². The summed E-state index contributed by atoms with van der Waals surface area (Å²) in [6.45, 7) is 3.73. The highest BCUT2D eigenvalue weighted by Crippen LogP contribution is 2.25. The molecule has 1 rings (SSSR count). The smallest absolute Gasteiger partial charge is 0.0479 e. The number of hydrogen-bond donors (Lipinski definition) is 1. The number of nitrogens with zero attached hydrogens (tertiary/aromatic N) is 1. The first-order valence-electron chi connectivity index (χ1n) is 6.28. The summed E-state index contributed by atoms with van der Waals surface area (Å²) in [5.41, 5.74) is 8.29. The molecule has 18 heavy (non-hydrogen) atoms. The summed E-state index contributed by atoms with van der Waals surface area (Å²) < 4.78 is 5.07. The van der Waals surface area contributed by atoms with Crippen molar-refractivity contribution < 1.29 is 4.74 Å². The lowest BCUT2D eigenvalue weighted by Gasteiger charge is -2.23. The minimum Gasteiger partial charge on any atom is -0.385 e. The SMILES string of the molecule is COCCCN(C)c1cc(Cl)ccc1CC(C)N. The van der Waals surface area contributed by atoms with Crippen molar-refractivity contribution in [3.63, 3.8) is 0 Å². The molecule has 0 saturated heterocycles. The van der Waals surface area contributed by atoms with Gasteiger partial charge in [-0.3, -0.25) is 0 Å². The number of ether oxygens (including phenoxy) is 1. The number of halogens is 1. The summed E-state index contributed by atoms with van der Waals surface area (Å²) in [5, 5.41) is 0.761. The number of nitrogens with two attached hydrogens (primary N) is 1. The Bertz CT molecular complexity index is 369. The van der Waals surface area contributed by atoms with Gasteiger partial charge in [0.15, 0.2) is 0 Å². The first kappa shape index (κ1) is 15.3. The van der Waals surface area contributed by atoms with E-state index in [1.54, 1.807) is 7.11 Å². The molecule has 0 aliphatic carbocycles. The van der Waals surface area contributed by atoms with Crippen LogP contribution in [0.1, 0.15) is 18.9 Å². The third kappa shape index (κ3) is 4.84. The number of benzene rings is 1. The zero-order valence-corrected chi connectivity index (χ0v) is 12.2. The van der Waals surface area contributed by atoms with Crippen LogP contribution in [0.3, 0.4) is 0 Å². The summed E-state index contributed by atoms with van der Waals surface area (Å²) in [5.74, 6) is 0. The largest absolute Gasteiger partial charge is 0.385 e. The molecule has 0 radical (unpaired) electrons. The summed E-state index contributed by atoms with van der Waals surface area (Å²) >= 11 is 6.08. The van der Waals surface area contributed by atoms with Gasteiger partial charge in [0, 0.05) is 44.1 Å². The van der Waals surface area contributed by atoms with Crippen LogP contribution in [0.15, 0.2) is 18.2 Å². The van der Waals surface area contributed by atoms with Gasteiger partial charge in [0.1, 0.15) is 0 Å². The highest BCUT2D eigenvalue weighted by molar-refractivity contribution is 6.30. The molecule has 0 amide bonds. The van der Waals surface area contributed by atoms with Crippen molar-refractivity contribution in [3.8, 4) is 0 Å². The van der Waals surface area contributed by atoms with E-state index in [4.69, 9.17) is 22.1 Å². The summed E-state index contributed by atoms with van der Waals surface area (Å²) in [6, 6.07) is 6.14. The summed E-state index contributed by atoms with van der Waals surface area (Å²) in [6.07, 6.45) is 1.86. The van der Waals surface area contributed by atoms with E-state index in [1.807, 2.05) is 19.1 Å². The molecule has 4 heteroatoms. The van der Waals surface area contributed by atoms with Crippen LogP contribution in [0.25, 0.3) is 0 Å². The Kier molecular flexibility index (Phi) is 6.47. The molecule has 2 N–H and O–H groups in total. The Morgan fingerprint density at radius 3 is 2.78 bits per heavy atom. The minimum absolute atomic E-state index is 0.150. The van der Waals surface area contributed by atoms with Crippen LogP contribution < -0.4 is 10.6 Å². The van der Waals surface area contributed by atoms with Crippen LogP contribution in [0.4, 0.5) is 5.69 Å². The van der Waals surface area contributed by atoms with E-state index in [0.717, 1.165) is 36.7 Å². The molecule has 0 spiro atoms. The van der Waals surface area contributed by atoms with E-state index in [1.165, 1.54) is 5.56 Å². The van der Waals surface area contributed by atoms with Gasteiger partial charge >= 0.3 is 0 Å². The number of rotatable bonds is 7. The quantitative estimate of drug-likeness (QED) is 0.775. The van der Waals surface area contributed by atoms with Crippen molar-refractivity contribution in [3.05, 3.63) is 28.8 Å². The molecular formula is C14H23ClN2O. The Morgan fingerprint density at radius 2 is 2.17 bits per heavy atom. The lowest BCUT2D eigenvalue weighted by molar-refractivity contribution is 0.196. The van der Waals surface area contributed by atoms with E-state index in [0.29, 0.717) is 0 Å². The van der Waals surface area contributed by atoms with Crippen LogP contribution in [0.2, 0.25) is 5.02 Å². The number of hydrogen-bond acceptors (Lipinski definition) is 3. The molecule has 1 aromatic rings. The molecule has 0 fully saturated rings. The Balaban J connectivity index is 2.79. The van der Waals surface area contributed by atoms with Crippen molar-refractivity contribution >= 4 is 17.3 Å². The lowest BCUT2D eigenvalue weighted by atomic mass is 10.0. The Labute approximate surface area is 115 Å². The fourth-order valence-electron chi connectivity index (χ4n) is 1.98. The second kappa shape index (κ2) is 7.62. The maximum absolute atomic E-state index is 6.08. The normalized spacial score (nSPS) is 12.5. The molecule has 1 aromatic carbocycles. The first-order valence-corrected chi connectivity index (χ1v) is 6.66. The monoisotopic (exact) mass is 270 g/mol. The average molecular weight is 271 g/mol. The first-order chi connectivity index (χ1) is 8.54. The summed E-state index contributed by atoms with van der Waals surface area (Å²) in [7, 11) is 3.80. The summed E-state index contributed by atoms with van der Waals surface area (Å²) in [4.78, 5) is 2.21. The van der Waals surface area contributed by atoms with E-state index < -0.39 is 0 Å². The molecule has 1 unspecified atom stereocenters. The number of methoxy groups -OCH3 is 1. The fraction of sp³-hybridized carbons (Fsp3) is 0.571. The minimum atomic E-state index is 0.150. The standard InChI is InChI=1S/C14H23ClN2O/c1-11(16)9-12-5-6-13(15)10-14(12)17(2)7-4-8-18-3/h5-6,10-11H,4,7-9,16H2,1-3H3. The zero-order chi connectivity index (χ0) is 13.5. The van der Waals surface area contributed by atoms with Crippen molar-refractivity contribution in [1.29, 1.82) is 0 Å². The predicted octanol–water partition coefficient (Wildman–Crippen LogP) is 2.70. The molecule has 3 nitrogen and oxygen atoms in total. The zero-order valence-electron chi connectivity index (χ0n) is 11.4. The van der Waals surface area contributed by atoms with E-state index in [9.17, 15) is 0 Å². The van der Waals surface area contributed by atoms with Gasteiger partial charge < -0.3 is 15.4 Å². The second-order valence-corrected chi connectivity index (χ2v) is 5.16. The van der Waals surface area contributed by atoms with Gasteiger partial charge in [0.05, 0.1) is 0 Å². The van der Waals surface area contributed by atoms with Gasteiger partial charge in [-0.1, -0.05) is 17.7 Å². The molecule has 1 atom stereocenters. The molecule has 0 bridgehead atoms. The third-order valence-corrected chi connectivity index (χ3v) is 3.08. The van der Waals surface area contributed by atoms with Gasteiger partial charge in [0.25, 0.3) is 0 Å². The highest BCUT2D eigenvalue weighted by atomic mass is 35.5. The second-order valence-electron chi connectivity index (χ2n) is 4.72. The van der Waals surface area contributed by atoms with Crippen LogP contribution in [-0.4, -0.2) is 33.4 Å². The van der Waals surface area contributed by atoms with Crippen molar-refractivity contribution in [2.24, 2.45) is 5.73 Å². The van der Waals surface area contributed by atoms with Gasteiger partial charge in [0.2, 0.25) is 0 Å². The highest BCUT2D eigenvalue weighted by Gasteiger charge is 2.09. The van der Waals surface area contributed by atoms with Crippen LogP contribution in [-0.2, 0) is 11.2 Å². The van der Waals surface area contributed by atoms with E-state index in [-0.39, 0.29) is 6.04 Å². The fourth-order valence-corrected chi connectivity index (χ4v) is 2.14. The van der Waals surface area contributed by atoms with Crippen molar-refractivity contribution in [1.82, 2.24) is 0 Å². The van der Waals surface area contributed by atoms with Crippen LogP contribution in [0, 0.1) is 0 Å². The maximum Gasteiger partial charge on any atom is 0.0479 e. The van der Waals surface area contributed by atoms with Crippen molar-refractivity contribution in [2.45, 2.75) is 25.8 Å². The van der Waals surface area contributed by atoms with E-state index >= 15 is 0 Å².